The number of H-pyrrole nitrogens is 1. The molecule has 2 aromatic carbocycles. The van der Waals surface area contributed by atoms with E-state index in [1.165, 1.54) is 5.56 Å². The van der Waals surface area contributed by atoms with Crippen molar-refractivity contribution in [2.24, 2.45) is 0 Å². The van der Waals surface area contributed by atoms with E-state index in [0.717, 1.165) is 25.8 Å². The third kappa shape index (κ3) is 3.12. The molecule has 5 nitrogen and oxygen atoms in total. The summed E-state index contributed by atoms with van der Waals surface area (Å²) in [5.74, 6) is 0.375. The van der Waals surface area contributed by atoms with Crippen molar-refractivity contribution in [2.75, 3.05) is 13.1 Å². The number of benzene rings is 2. The molecule has 1 N–H and O–H groups in total. The standard InChI is InChI=1S/C21H21N3O2/c25-20-18-11-5-4-10-17(18)19(22-23-20)21(26)24-13-6-9-16(12-14-24)15-7-2-1-3-8-15/h1-5,7-8,10-11,16H,6,9,12-14H2,(H,23,25)/t16-/m0/s1. The first kappa shape index (κ1) is 16.5. The second kappa shape index (κ2) is 7.12. The van der Waals surface area contributed by atoms with Crippen molar-refractivity contribution < 1.29 is 4.79 Å². The monoisotopic (exact) mass is 347 g/mol. The smallest absolute Gasteiger partial charge is 0.274 e. The Bertz CT molecular complexity index is 981. The first-order valence-corrected chi connectivity index (χ1v) is 9.05. The number of amides is 1. The summed E-state index contributed by atoms with van der Waals surface area (Å²) in [6.07, 6.45) is 2.98. The van der Waals surface area contributed by atoms with E-state index in [-0.39, 0.29) is 11.5 Å². The van der Waals surface area contributed by atoms with Gasteiger partial charge in [0.25, 0.3) is 11.5 Å². The molecule has 3 aromatic rings. The minimum absolute atomic E-state index is 0.105. The average Bonchev–Trinajstić information content (AvgIpc) is 2.95. The third-order valence-corrected chi connectivity index (χ3v) is 5.18. The van der Waals surface area contributed by atoms with Crippen molar-refractivity contribution >= 4 is 16.7 Å². The number of likely N-dealkylation sites (tertiary alicyclic amines) is 1. The Labute approximate surface area is 151 Å². The fourth-order valence-electron chi connectivity index (χ4n) is 3.79. The summed E-state index contributed by atoms with van der Waals surface area (Å²) >= 11 is 0. The predicted octanol–water partition coefficient (Wildman–Crippen LogP) is 3.33. The zero-order valence-corrected chi connectivity index (χ0v) is 14.5. The molecule has 0 radical (unpaired) electrons. The van der Waals surface area contributed by atoms with E-state index in [0.29, 0.717) is 28.9 Å². The molecule has 1 aromatic heterocycles. The summed E-state index contributed by atoms with van der Waals surface area (Å²) < 4.78 is 0. The Hall–Kier alpha value is -2.95. The van der Waals surface area contributed by atoms with Crippen LogP contribution in [0.1, 0.15) is 41.2 Å². The number of aromatic nitrogens is 2. The second-order valence-electron chi connectivity index (χ2n) is 6.78. The molecule has 0 saturated carbocycles. The lowest BCUT2D eigenvalue weighted by atomic mass is 9.92. The van der Waals surface area contributed by atoms with Crippen molar-refractivity contribution in [1.82, 2.24) is 15.1 Å². The van der Waals surface area contributed by atoms with Crippen LogP contribution in [0.2, 0.25) is 0 Å². The highest BCUT2D eigenvalue weighted by Crippen LogP contribution is 2.28. The molecular formula is C21H21N3O2. The first-order valence-electron chi connectivity index (χ1n) is 9.05. The zero-order chi connectivity index (χ0) is 17.9. The lowest BCUT2D eigenvalue weighted by Gasteiger charge is -2.20. The number of carbonyl (C=O) groups excluding carboxylic acids is 1. The Morgan fingerprint density at radius 2 is 1.69 bits per heavy atom. The summed E-state index contributed by atoms with van der Waals surface area (Å²) in [7, 11) is 0. The van der Waals surface area contributed by atoms with Crippen LogP contribution in [0.4, 0.5) is 0 Å². The molecule has 1 fully saturated rings. The van der Waals surface area contributed by atoms with Gasteiger partial charge in [0.2, 0.25) is 0 Å². The van der Waals surface area contributed by atoms with Gasteiger partial charge >= 0.3 is 0 Å². The molecule has 0 spiro atoms. The Morgan fingerprint density at radius 1 is 0.962 bits per heavy atom. The Kier molecular flexibility index (Phi) is 4.52. The van der Waals surface area contributed by atoms with Gasteiger partial charge in [0.05, 0.1) is 5.39 Å². The number of fused-ring (bicyclic) bond motifs is 1. The normalized spacial score (nSPS) is 17.8. The second-order valence-corrected chi connectivity index (χ2v) is 6.78. The van der Waals surface area contributed by atoms with Crippen LogP contribution in [0, 0.1) is 0 Å². The highest BCUT2D eigenvalue weighted by Gasteiger charge is 2.24. The number of nitrogens with one attached hydrogen (secondary N) is 1. The number of hydrogen-bond acceptors (Lipinski definition) is 3. The fraction of sp³-hybridized carbons (Fsp3) is 0.286. The van der Waals surface area contributed by atoms with Gasteiger partial charge in [-0.05, 0) is 36.8 Å². The maximum atomic E-state index is 13.1. The van der Waals surface area contributed by atoms with Gasteiger partial charge in [-0.15, -0.1) is 0 Å². The van der Waals surface area contributed by atoms with E-state index in [1.807, 2.05) is 17.0 Å². The average molecular weight is 347 g/mol. The minimum Gasteiger partial charge on any atom is -0.337 e. The van der Waals surface area contributed by atoms with Crippen LogP contribution in [-0.4, -0.2) is 34.1 Å². The van der Waals surface area contributed by atoms with Crippen LogP contribution in [0.5, 0.6) is 0 Å². The van der Waals surface area contributed by atoms with Gasteiger partial charge in [0.1, 0.15) is 0 Å². The van der Waals surface area contributed by atoms with Gasteiger partial charge in [-0.3, -0.25) is 9.59 Å². The molecule has 0 aliphatic carbocycles. The van der Waals surface area contributed by atoms with Crippen molar-refractivity contribution in [2.45, 2.75) is 25.2 Å². The molecule has 2 heterocycles. The van der Waals surface area contributed by atoms with Gasteiger partial charge in [-0.2, -0.15) is 5.10 Å². The number of nitrogens with zero attached hydrogens (tertiary/aromatic N) is 2. The molecule has 1 aliphatic rings. The van der Waals surface area contributed by atoms with Gasteiger partial charge in [-0.25, -0.2) is 5.10 Å². The molecule has 5 heteroatoms. The van der Waals surface area contributed by atoms with Crippen LogP contribution in [0.3, 0.4) is 0 Å². The molecule has 0 unspecified atom stereocenters. The summed E-state index contributed by atoms with van der Waals surface area (Å²) in [6, 6.07) is 17.6. The summed E-state index contributed by atoms with van der Waals surface area (Å²) in [4.78, 5) is 26.9. The zero-order valence-electron chi connectivity index (χ0n) is 14.5. The third-order valence-electron chi connectivity index (χ3n) is 5.18. The Balaban J connectivity index is 1.58. The Morgan fingerprint density at radius 3 is 2.50 bits per heavy atom. The van der Waals surface area contributed by atoms with Crippen LogP contribution >= 0.6 is 0 Å². The molecule has 1 aliphatic heterocycles. The molecule has 1 atom stereocenters. The number of rotatable bonds is 2. The molecule has 4 rings (SSSR count). The maximum Gasteiger partial charge on any atom is 0.274 e. The van der Waals surface area contributed by atoms with E-state index in [1.54, 1.807) is 18.2 Å². The van der Waals surface area contributed by atoms with Crippen molar-refractivity contribution in [3.8, 4) is 0 Å². The number of carbonyl (C=O) groups is 1. The summed E-state index contributed by atoms with van der Waals surface area (Å²) in [5.41, 5.74) is 1.41. The van der Waals surface area contributed by atoms with E-state index in [2.05, 4.69) is 34.5 Å². The van der Waals surface area contributed by atoms with Crippen LogP contribution in [-0.2, 0) is 0 Å². The van der Waals surface area contributed by atoms with E-state index in [9.17, 15) is 9.59 Å². The minimum atomic E-state index is -0.267. The van der Waals surface area contributed by atoms with Crippen molar-refractivity contribution in [1.29, 1.82) is 0 Å². The lowest BCUT2D eigenvalue weighted by Crippen LogP contribution is -2.33. The maximum absolute atomic E-state index is 13.1. The molecular weight excluding hydrogens is 326 g/mol. The van der Waals surface area contributed by atoms with Gasteiger partial charge < -0.3 is 4.90 Å². The summed E-state index contributed by atoms with van der Waals surface area (Å²) in [6.45, 7) is 1.42. The topological polar surface area (TPSA) is 66.1 Å². The molecule has 26 heavy (non-hydrogen) atoms. The van der Waals surface area contributed by atoms with Crippen molar-refractivity contribution in [3.63, 3.8) is 0 Å². The van der Waals surface area contributed by atoms with E-state index >= 15 is 0 Å². The van der Waals surface area contributed by atoms with Gasteiger partial charge in [0.15, 0.2) is 5.69 Å². The van der Waals surface area contributed by atoms with Crippen LogP contribution in [0.25, 0.3) is 10.8 Å². The quantitative estimate of drug-likeness (QED) is 0.773. The number of hydrogen-bond donors (Lipinski definition) is 1. The van der Waals surface area contributed by atoms with Crippen LogP contribution < -0.4 is 5.56 Å². The predicted molar refractivity (Wildman–Crippen MR) is 101 cm³/mol. The first-order chi connectivity index (χ1) is 12.7. The van der Waals surface area contributed by atoms with Crippen molar-refractivity contribution in [3.05, 3.63) is 76.2 Å². The van der Waals surface area contributed by atoms with Crippen LogP contribution in [0.15, 0.2) is 59.4 Å². The molecule has 1 saturated heterocycles. The van der Waals surface area contributed by atoms with E-state index < -0.39 is 0 Å². The number of aromatic amines is 1. The highest BCUT2D eigenvalue weighted by molar-refractivity contribution is 6.04. The highest BCUT2D eigenvalue weighted by atomic mass is 16.2. The lowest BCUT2D eigenvalue weighted by molar-refractivity contribution is 0.0756. The van der Waals surface area contributed by atoms with E-state index in [4.69, 9.17) is 0 Å². The largest absolute Gasteiger partial charge is 0.337 e. The molecule has 1 amide bonds. The molecule has 132 valence electrons. The van der Waals surface area contributed by atoms with Gasteiger partial charge in [-0.1, -0.05) is 48.5 Å². The summed E-state index contributed by atoms with van der Waals surface area (Å²) in [5, 5.41) is 7.64. The van der Waals surface area contributed by atoms with Gasteiger partial charge in [0, 0.05) is 18.5 Å². The SMILES string of the molecule is O=C(c1n[nH]c(=O)c2ccccc12)N1CCC[C@H](c2ccccc2)CC1. The fourth-order valence-corrected chi connectivity index (χ4v) is 3.79. The molecule has 0 bridgehead atoms.